The molecule has 9 nitrogen and oxygen atoms in total. The quantitative estimate of drug-likeness (QED) is 0.370. The van der Waals surface area contributed by atoms with Crippen LogP contribution in [0.4, 0.5) is 20.9 Å². The number of carbonyl (C=O) groups excluding carboxylic acids is 3. The topological polar surface area (TPSA) is 120 Å². The van der Waals surface area contributed by atoms with Crippen molar-refractivity contribution in [2.75, 3.05) is 30.6 Å². The first-order valence-electron chi connectivity index (χ1n) is 8.98. The maximum Gasteiger partial charge on any atom is 0.337 e. The average molecular weight is 477 g/mol. The number of benzene rings is 2. The standard InChI is InChI=1S/C20H17FN4O5S2/c1-29-17(27)11-6-12(18(28)30-2)8-15(7-11)22-16(26)10-31-20-25-24-19(32-20)23-14-5-3-4-13(21)9-14/h3-9H,10H2,1-2H3,(H,22,26)(H,23,24). The van der Waals surface area contributed by atoms with Gasteiger partial charge in [-0.2, -0.15) is 0 Å². The summed E-state index contributed by atoms with van der Waals surface area (Å²) in [5, 5.41) is 14.0. The minimum absolute atomic E-state index is 0.00457. The molecule has 0 aliphatic heterocycles. The Hall–Kier alpha value is -3.51. The van der Waals surface area contributed by atoms with Crippen molar-refractivity contribution in [1.82, 2.24) is 10.2 Å². The lowest BCUT2D eigenvalue weighted by Crippen LogP contribution is -2.16. The molecule has 0 fully saturated rings. The number of hydrogen-bond acceptors (Lipinski definition) is 10. The predicted octanol–water partition coefficient (Wildman–Crippen LogP) is 3.72. The van der Waals surface area contributed by atoms with E-state index < -0.39 is 11.9 Å². The molecule has 1 amide bonds. The summed E-state index contributed by atoms with van der Waals surface area (Å²) in [7, 11) is 2.42. The zero-order valence-corrected chi connectivity index (χ0v) is 18.5. The molecular formula is C20H17FN4O5S2. The minimum atomic E-state index is -0.659. The lowest BCUT2D eigenvalue weighted by atomic mass is 10.1. The molecule has 2 N–H and O–H groups in total. The minimum Gasteiger partial charge on any atom is -0.465 e. The Kier molecular flexibility index (Phi) is 7.73. The van der Waals surface area contributed by atoms with E-state index in [9.17, 15) is 18.8 Å². The molecule has 166 valence electrons. The smallest absolute Gasteiger partial charge is 0.337 e. The lowest BCUT2D eigenvalue weighted by molar-refractivity contribution is -0.113. The van der Waals surface area contributed by atoms with E-state index in [1.54, 1.807) is 12.1 Å². The van der Waals surface area contributed by atoms with Crippen LogP contribution in [0.2, 0.25) is 0 Å². The summed E-state index contributed by atoms with van der Waals surface area (Å²) in [5.41, 5.74) is 0.957. The second-order valence-electron chi connectivity index (χ2n) is 6.13. The van der Waals surface area contributed by atoms with E-state index in [1.807, 2.05) is 0 Å². The van der Waals surface area contributed by atoms with Gasteiger partial charge in [-0.15, -0.1) is 10.2 Å². The first-order valence-corrected chi connectivity index (χ1v) is 10.8. The summed E-state index contributed by atoms with van der Waals surface area (Å²) in [5.74, 6) is -2.08. The van der Waals surface area contributed by atoms with Crippen LogP contribution in [-0.4, -0.2) is 48.0 Å². The molecule has 1 heterocycles. The highest BCUT2D eigenvalue weighted by molar-refractivity contribution is 8.01. The highest BCUT2D eigenvalue weighted by atomic mass is 32.2. The van der Waals surface area contributed by atoms with Gasteiger partial charge in [0.05, 0.1) is 31.1 Å². The van der Waals surface area contributed by atoms with Crippen LogP contribution in [0, 0.1) is 5.82 Å². The third-order valence-corrected chi connectivity index (χ3v) is 5.84. The Morgan fingerprint density at radius 1 is 1.00 bits per heavy atom. The zero-order valence-electron chi connectivity index (χ0n) is 16.9. The molecule has 0 radical (unpaired) electrons. The van der Waals surface area contributed by atoms with Crippen molar-refractivity contribution in [3.05, 3.63) is 59.4 Å². The van der Waals surface area contributed by atoms with Gasteiger partial charge in [-0.1, -0.05) is 29.2 Å². The van der Waals surface area contributed by atoms with Gasteiger partial charge < -0.3 is 20.1 Å². The third-order valence-electron chi connectivity index (χ3n) is 3.87. The molecule has 0 atom stereocenters. The summed E-state index contributed by atoms with van der Waals surface area (Å²) < 4.78 is 23.1. The molecule has 0 bridgehead atoms. The SMILES string of the molecule is COC(=O)c1cc(NC(=O)CSc2nnc(Nc3cccc(F)c3)s2)cc(C(=O)OC)c1. The summed E-state index contributed by atoms with van der Waals surface area (Å²) in [6.07, 6.45) is 0. The van der Waals surface area contributed by atoms with Crippen LogP contribution >= 0.6 is 23.1 Å². The van der Waals surface area contributed by atoms with Crippen LogP contribution in [-0.2, 0) is 14.3 Å². The molecule has 32 heavy (non-hydrogen) atoms. The third kappa shape index (κ3) is 6.25. The largest absolute Gasteiger partial charge is 0.465 e. The van der Waals surface area contributed by atoms with Crippen LogP contribution in [0.15, 0.2) is 46.8 Å². The van der Waals surface area contributed by atoms with Crippen molar-refractivity contribution in [3.63, 3.8) is 0 Å². The summed E-state index contributed by atoms with van der Waals surface area (Å²) in [6, 6.07) is 10.0. The van der Waals surface area contributed by atoms with E-state index in [1.165, 1.54) is 55.9 Å². The second-order valence-corrected chi connectivity index (χ2v) is 8.33. The number of aromatic nitrogens is 2. The maximum absolute atomic E-state index is 13.3. The number of thioether (sulfide) groups is 1. The molecule has 0 saturated heterocycles. The fraction of sp³-hybridized carbons (Fsp3) is 0.150. The lowest BCUT2D eigenvalue weighted by Gasteiger charge is -2.09. The van der Waals surface area contributed by atoms with E-state index in [4.69, 9.17) is 0 Å². The highest BCUT2D eigenvalue weighted by Gasteiger charge is 2.15. The Bertz CT molecular complexity index is 1120. The van der Waals surface area contributed by atoms with Gasteiger partial charge in [-0.3, -0.25) is 4.79 Å². The van der Waals surface area contributed by atoms with E-state index in [0.717, 1.165) is 11.8 Å². The number of anilines is 3. The van der Waals surface area contributed by atoms with Gasteiger partial charge in [0, 0.05) is 11.4 Å². The highest BCUT2D eigenvalue weighted by Crippen LogP contribution is 2.28. The fourth-order valence-corrected chi connectivity index (χ4v) is 4.08. The monoisotopic (exact) mass is 476 g/mol. The van der Waals surface area contributed by atoms with Gasteiger partial charge in [-0.25, -0.2) is 14.0 Å². The molecule has 0 aliphatic rings. The van der Waals surface area contributed by atoms with Crippen molar-refractivity contribution in [3.8, 4) is 0 Å². The van der Waals surface area contributed by atoms with Gasteiger partial charge in [0.25, 0.3) is 0 Å². The van der Waals surface area contributed by atoms with Gasteiger partial charge >= 0.3 is 11.9 Å². The second kappa shape index (κ2) is 10.7. The van der Waals surface area contributed by atoms with Crippen molar-refractivity contribution < 1.29 is 28.2 Å². The molecule has 3 aromatic rings. The molecular weight excluding hydrogens is 459 g/mol. The first kappa shape index (κ1) is 23.2. The molecule has 0 saturated carbocycles. The van der Waals surface area contributed by atoms with Crippen LogP contribution in [0.3, 0.4) is 0 Å². The number of amides is 1. The first-order chi connectivity index (χ1) is 15.4. The Balaban J connectivity index is 1.62. The van der Waals surface area contributed by atoms with Crippen LogP contribution in [0.1, 0.15) is 20.7 Å². The number of hydrogen-bond donors (Lipinski definition) is 2. The van der Waals surface area contributed by atoms with Gasteiger partial charge in [0.2, 0.25) is 11.0 Å². The van der Waals surface area contributed by atoms with Gasteiger partial charge in [-0.05, 0) is 36.4 Å². The predicted molar refractivity (Wildman–Crippen MR) is 118 cm³/mol. The average Bonchev–Trinajstić information content (AvgIpc) is 3.23. The number of nitrogens with zero attached hydrogens (tertiary/aromatic N) is 2. The molecule has 12 heteroatoms. The van der Waals surface area contributed by atoms with Crippen LogP contribution in [0.25, 0.3) is 0 Å². The number of ether oxygens (including phenoxy) is 2. The Labute approximate surface area is 190 Å². The zero-order chi connectivity index (χ0) is 23.1. The Morgan fingerprint density at radius 3 is 2.31 bits per heavy atom. The van der Waals surface area contributed by atoms with E-state index in [-0.39, 0.29) is 34.3 Å². The number of carbonyl (C=O) groups is 3. The molecule has 0 aliphatic carbocycles. The molecule has 3 rings (SSSR count). The number of methoxy groups -OCH3 is 2. The van der Waals surface area contributed by atoms with E-state index in [2.05, 4.69) is 30.3 Å². The van der Waals surface area contributed by atoms with Crippen LogP contribution in [0.5, 0.6) is 0 Å². The summed E-state index contributed by atoms with van der Waals surface area (Å²) >= 11 is 2.35. The Morgan fingerprint density at radius 2 is 1.69 bits per heavy atom. The van der Waals surface area contributed by atoms with Crippen LogP contribution < -0.4 is 10.6 Å². The van der Waals surface area contributed by atoms with E-state index in [0.29, 0.717) is 15.2 Å². The summed E-state index contributed by atoms with van der Waals surface area (Å²) in [4.78, 5) is 36.0. The number of rotatable bonds is 8. The molecule has 2 aromatic carbocycles. The van der Waals surface area contributed by atoms with Crippen molar-refractivity contribution >= 4 is 57.5 Å². The van der Waals surface area contributed by atoms with Crippen molar-refractivity contribution in [2.24, 2.45) is 0 Å². The molecule has 1 aromatic heterocycles. The fourth-order valence-electron chi connectivity index (χ4n) is 2.50. The van der Waals surface area contributed by atoms with Crippen molar-refractivity contribution in [2.45, 2.75) is 4.34 Å². The number of esters is 2. The normalized spacial score (nSPS) is 10.3. The number of nitrogens with one attached hydrogen (secondary N) is 2. The molecule has 0 unspecified atom stereocenters. The number of halogens is 1. The molecule has 0 spiro atoms. The van der Waals surface area contributed by atoms with Crippen molar-refractivity contribution in [1.29, 1.82) is 0 Å². The van der Waals surface area contributed by atoms with Gasteiger partial charge in [0.1, 0.15) is 5.82 Å². The van der Waals surface area contributed by atoms with Gasteiger partial charge in [0.15, 0.2) is 4.34 Å². The van der Waals surface area contributed by atoms with E-state index >= 15 is 0 Å². The maximum atomic E-state index is 13.3. The summed E-state index contributed by atoms with van der Waals surface area (Å²) in [6.45, 7) is 0.